The number of methoxy groups -OCH3 is 1. The van der Waals surface area contributed by atoms with E-state index < -0.39 is 57.5 Å². The molecule has 49 heavy (non-hydrogen) atoms. The van der Waals surface area contributed by atoms with Gasteiger partial charge >= 0.3 is 6.09 Å². The van der Waals surface area contributed by atoms with Crippen LogP contribution in [0.5, 0.6) is 0 Å². The molecule has 1 heterocycles. The Morgan fingerprint density at radius 3 is 2.14 bits per heavy atom. The van der Waals surface area contributed by atoms with Gasteiger partial charge in [0.2, 0.25) is 15.9 Å². The van der Waals surface area contributed by atoms with E-state index in [9.17, 15) is 26.8 Å². The summed E-state index contributed by atoms with van der Waals surface area (Å²) in [4.78, 5) is 26.8. The second-order valence-electron chi connectivity index (χ2n) is 11.8. The van der Waals surface area contributed by atoms with Crippen LogP contribution < -0.4 is 16.0 Å². The summed E-state index contributed by atoms with van der Waals surface area (Å²) in [6.07, 6.45) is -0.711. The van der Waals surface area contributed by atoms with Crippen LogP contribution in [-0.4, -0.2) is 63.0 Å². The molecule has 1 fully saturated rings. The molecule has 0 radical (unpaired) electrons. The lowest BCUT2D eigenvalue weighted by molar-refractivity contribution is -0.118. The number of hydrogen-bond donors (Lipinski definition) is 3. The molecule has 2 amide bonds. The number of rotatable bonds is 11. The fourth-order valence-electron chi connectivity index (χ4n) is 6.29. The number of amides is 2. The highest BCUT2D eigenvalue weighted by atomic mass is 32.2. The van der Waals surface area contributed by atoms with Crippen molar-refractivity contribution in [1.82, 2.24) is 14.9 Å². The highest BCUT2D eigenvalue weighted by Gasteiger charge is 2.38. The number of nitrogens with one attached hydrogen (secondary N) is 3. The Balaban J connectivity index is 1.46. The fraction of sp³-hybridized carbons (Fsp3) is 0.278. The van der Waals surface area contributed by atoms with Crippen molar-refractivity contribution in [2.45, 2.75) is 48.7 Å². The van der Waals surface area contributed by atoms with E-state index in [0.717, 1.165) is 7.11 Å². The number of hydrogen-bond acceptors (Lipinski definition) is 6. The first-order valence-corrected chi connectivity index (χ1v) is 17.2. The van der Waals surface area contributed by atoms with Crippen LogP contribution in [0.1, 0.15) is 36.0 Å². The predicted octanol–water partition coefficient (Wildman–Crippen LogP) is 5.58. The van der Waals surface area contributed by atoms with Crippen LogP contribution in [0.15, 0.2) is 102 Å². The Labute approximate surface area is 283 Å². The number of ether oxygens (including phenoxy) is 1. The lowest BCUT2D eigenvalue weighted by Crippen LogP contribution is -2.58. The third kappa shape index (κ3) is 8.30. The molecule has 0 unspecified atom stereocenters. The smallest absolute Gasteiger partial charge is 0.407 e. The van der Waals surface area contributed by atoms with E-state index in [2.05, 4.69) is 16.0 Å². The Morgan fingerprint density at radius 2 is 1.53 bits per heavy atom. The highest BCUT2D eigenvalue weighted by molar-refractivity contribution is 7.89. The molecule has 258 valence electrons. The van der Waals surface area contributed by atoms with Crippen LogP contribution in [0, 0.1) is 17.5 Å². The van der Waals surface area contributed by atoms with Gasteiger partial charge in [-0.1, -0.05) is 48.5 Å². The topological polar surface area (TPSA) is 117 Å². The van der Waals surface area contributed by atoms with E-state index in [1.54, 1.807) is 37.3 Å². The highest BCUT2D eigenvalue weighted by Crippen LogP contribution is 2.32. The van der Waals surface area contributed by atoms with Gasteiger partial charge in [-0.25, -0.2) is 26.4 Å². The summed E-state index contributed by atoms with van der Waals surface area (Å²) in [5.41, 5.74) is 0.740. The third-order valence-corrected chi connectivity index (χ3v) is 10.6. The Kier molecular flexibility index (Phi) is 11.4. The number of nitrogens with zero attached hydrogens (tertiary/aromatic N) is 1. The summed E-state index contributed by atoms with van der Waals surface area (Å²) < 4.78 is 78.0. The monoisotopic (exact) mass is 694 g/mol. The summed E-state index contributed by atoms with van der Waals surface area (Å²) in [5.74, 6) is -3.75. The standard InChI is InChI=1S/C36H37F3N4O5S/c1-23-21-40-22-28(43(23)49(46,47)29-13-4-3-5-14-29)17-18-30-31(39)15-8-16-32(30)41-35(44)34(42-36(45)48-2)33(24-9-6-11-26(37)19-24)25-10-7-12-27(38)20-25/h3-16,19-20,23,28,33-34,40H,17-18,21-22H2,1-2H3,(H,41,44)(H,42,45)/t23-,28+,34+/m1/s1. The quantitative estimate of drug-likeness (QED) is 0.189. The summed E-state index contributed by atoms with van der Waals surface area (Å²) in [5, 5.41) is 8.45. The van der Waals surface area contributed by atoms with Crippen molar-refractivity contribution in [2.24, 2.45) is 0 Å². The molecule has 3 atom stereocenters. The minimum atomic E-state index is -3.87. The van der Waals surface area contributed by atoms with Gasteiger partial charge in [-0.2, -0.15) is 4.31 Å². The number of carbonyl (C=O) groups is 2. The first-order chi connectivity index (χ1) is 23.5. The lowest BCUT2D eigenvalue weighted by Gasteiger charge is -2.40. The van der Waals surface area contributed by atoms with E-state index in [1.807, 2.05) is 0 Å². The van der Waals surface area contributed by atoms with Crippen LogP contribution in [-0.2, 0) is 26.0 Å². The predicted molar refractivity (Wildman–Crippen MR) is 179 cm³/mol. The van der Waals surface area contributed by atoms with Crippen molar-refractivity contribution < 1.29 is 35.9 Å². The number of alkyl carbamates (subject to hydrolysis) is 1. The molecule has 0 spiro atoms. The molecule has 0 bridgehead atoms. The molecule has 1 saturated heterocycles. The van der Waals surface area contributed by atoms with Gasteiger partial charge in [-0.05, 0) is 79.4 Å². The molecule has 4 aromatic rings. The number of carbonyl (C=O) groups excluding carboxylic acids is 2. The minimum absolute atomic E-state index is 0.0501. The molecule has 1 aliphatic heterocycles. The largest absolute Gasteiger partial charge is 0.453 e. The van der Waals surface area contributed by atoms with Crippen molar-refractivity contribution in [3.8, 4) is 0 Å². The van der Waals surface area contributed by atoms with Gasteiger partial charge in [0.25, 0.3) is 0 Å². The van der Waals surface area contributed by atoms with Crippen LogP contribution >= 0.6 is 0 Å². The second kappa shape index (κ2) is 15.7. The van der Waals surface area contributed by atoms with Gasteiger partial charge in [-0.3, -0.25) is 4.79 Å². The van der Waals surface area contributed by atoms with Crippen LogP contribution in [0.4, 0.5) is 23.7 Å². The van der Waals surface area contributed by atoms with E-state index in [4.69, 9.17) is 4.74 Å². The number of anilines is 1. The van der Waals surface area contributed by atoms with Gasteiger partial charge in [0.05, 0.1) is 12.0 Å². The maximum Gasteiger partial charge on any atom is 0.407 e. The molecule has 1 aliphatic rings. The SMILES string of the molecule is COC(=O)N[C@H](C(=O)Nc1cccc(F)c1CC[C@H]1CNC[C@@H](C)N1S(=O)(=O)c1ccccc1)C(c1cccc(F)c1)c1cccc(F)c1. The first kappa shape index (κ1) is 35.6. The van der Waals surface area contributed by atoms with Gasteiger partial charge in [0, 0.05) is 42.3 Å². The Bertz CT molecular complexity index is 1850. The zero-order chi connectivity index (χ0) is 35.1. The fourth-order valence-corrected chi connectivity index (χ4v) is 8.16. The van der Waals surface area contributed by atoms with E-state index in [-0.39, 0.29) is 46.2 Å². The average molecular weight is 695 g/mol. The molecule has 5 rings (SSSR count). The molecular formula is C36H37F3N4O5S. The van der Waals surface area contributed by atoms with Crippen molar-refractivity contribution in [3.63, 3.8) is 0 Å². The van der Waals surface area contributed by atoms with Gasteiger partial charge in [-0.15, -0.1) is 0 Å². The van der Waals surface area contributed by atoms with Crippen LogP contribution in [0.3, 0.4) is 0 Å². The molecular weight excluding hydrogens is 657 g/mol. The third-order valence-electron chi connectivity index (χ3n) is 8.53. The normalized spacial score (nSPS) is 17.3. The van der Waals surface area contributed by atoms with Gasteiger partial charge < -0.3 is 20.7 Å². The van der Waals surface area contributed by atoms with Crippen molar-refractivity contribution in [1.29, 1.82) is 0 Å². The molecule has 13 heteroatoms. The maximum absolute atomic E-state index is 15.5. The first-order valence-electron chi connectivity index (χ1n) is 15.7. The van der Waals surface area contributed by atoms with Gasteiger partial charge in [0.15, 0.2) is 0 Å². The van der Waals surface area contributed by atoms with E-state index in [1.165, 1.54) is 71.0 Å². The molecule has 4 aromatic carbocycles. The zero-order valence-electron chi connectivity index (χ0n) is 26.9. The Morgan fingerprint density at radius 1 is 0.898 bits per heavy atom. The van der Waals surface area contributed by atoms with Crippen molar-refractivity contribution in [3.05, 3.63) is 131 Å². The molecule has 0 aliphatic carbocycles. The number of sulfonamides is 1. The van der Waals surface area contributed by atoms with Crippen LogP contribution in [0.2, 0.25) is 0 Å². The van der Waals surface area contributed by atoms with Gasteiger partial charge in [0.1, 0.15) is 23.5 Å². The maximum atomic E-state index is 15.5. The number of halogens is 3. The second-order valence-corrected chi connectivity index (χ2v) is 13.6. The van der Waals surface area contributed by atoms with Crippen LogP contribution in [0.25, 0.3) is 0 Å². The van der Waals surface area contributed by atoms with Crippen molar-refractivity contribution >= 4 is 27.7 Å². The molecule has 0 aromatic heterocycles. The minimum Gasteiger partial charge on any atom is -0.453 e. The number of piperazine rings is 1. The van der Waals surface area contributed by atoms with E-state index in [0.29, 0.717) is 13.1 Å². The van der Waals surface area contributed by atoms with Crippen molar-refractivity contribution in [2.75, 3.05) is 25.5 Å². The molecule has 3 N–H and O–H groups in total. The summed E-state index contributed by atoms with van der Waals surface area (Å²) >= 11 is 0. The molecule has 9 nitrogen and oxygen atoms in total. The Hall–Kier alpha value is -4.72. The number of benzene rings is 4. The summed E-state index contributed by atoms with van der Waals surface area (Å²) in [6.45, 7) is 2.58. The summed E-state index contributed by atoms with van der Waals surface area (Å²) in [6, 6.07) is 20.6. The lowest BCUT2D eigenvalue weighted by atomic mass is 9.84. The van der Waals surface area contributed by atoms with E-state index >= 15 is 4.39 Å². The zero-order valence-corrected chi connectivity index (χ0v) is 27.7. The summed E-state index contributed by atoms with van der Waals surface area (Å²) in [7, 11) is -2.77. The molecule has 0 saturated carbocycles. The average Bonchev–Trinajstić information content (AvgIpc) is 3.08.